The van der Waals surface area contributed by atoms with Gasteiger partial charge >= 0.3 is 0 Å². The number of amides is 1. The molecule has 1 saturated heterocycles. The number of aliphatic hydroxyl groups excluding tert-OH is 5. The zero-order valence-corrected chi connectivity index (χ0v) is 42.7. The first kappa shape index (κ1) is 62.2. The number of aliphatic hydroxyl groups is 5. The van der Waals surface area contributed by atoms with Crippen LogP contribution < -0.4 is 5.32 Å². The lowest BCUT2D eigenvalue weighted by Gasteiger charge is -2.40. The maximum Gasteiger partial charge on any atom is 0.220 e. The van der Waals surface area contributed by atoms with E-state index in [1.807, 2.05) is 0 Å². The normalized spacial score (nSPS) is 20.1. The lowest BCUT2D eigenvalue weighted by Crippen LogP contribution is -2.60. The highest BCUT2D eigenvalue weighted by atomic mass is 16.7. The Labute approximate surface area is 405 Å². The van der Waals surface area contributed by atoms with Gasteiger partial charge < -0.3 is 40.3 Å². The Morgan fingerprint density at radius 1 is 0.530 bits per heavy atom. The third kappa shape index (κ3) is 36.2. The highest BCUT2D eigenvalue weighted by Gasteiger charge is 2.44. The van der Waals surface area contributed by atoms with Crippen LogP contribution in [0.5, 0.6) is 0 Å². The quantitative estimate of drug-likeness (QED) is 0.0261. The third-order valence-electron chi connectivity index (χ3n) is 13.2. The summed E-state index contributed by atoms with van der Waals surface area (Å²) >= 11 is 0. The predicted octanol–water partition coefficient (Wildman–Crippen LogP) is 13.3. The van der Waals surface area contributed by atoms with E-state index < -0.39 is 49.5 Å². The molecule has 1 rings (SSSR count). The van der Waals surface area contributed by atoms with E-state index in [0.29, 0.717) is 12.8 Å². The van der Waals surface area contributed by atoms with E-state index in [2.05, 4.69) is 67.8 Å². The van der Waals surface area contributed by atoms with Gasteiger partial charge in [0, 0.05) is 6.42 Å². The van der Waals surface area contributed by atoms with E-state index in [9.17, 15) is 30.3 Å². The fourth-order valence-electron chi connectivity index (χ4n) is 8.80. The maximum atomic E-state index is 12.9. The zero-order chi connectivity index (χ0) is 48.0. The molecule has 0 spiro atoms. The second kappa shape index (κ2) is 46.9. The van der Waals surface area contributed by atoms with Crippen LogP contribution in [0.1, 0.15) is 251 Å². The molecule has 1 aliphatic heterocycles. The standard InChI is InChI=1S/C57H105NO8/c1-3-5-7-9-10-11-12-13-14-15-16-17-18-19-20-21-22-23-24-25-26-27-28-29-30-31-32-33-34-35-36-37-38-39-40-41-42-43-45-47-53(61)58-50(51(60)46-44-8-6-4-2)49-65-57-56(64)55(63)54(62)52(48-59)66-57/h5,7,10-11,13-14,16-17,50-52,54-57,59-60,62-64H,3-4,6,8-9,12,15,18-49H2,1-2H3,(H,58,61)/b7-5-,11-10-,14-13-,17-16-. The van der Waals surface area contributed by atoms with Crippen LogP contribution in [0.25, 0.3) is 0 Å². The van der Waals surface area contributed by atoms with Crippen LogP contribution in [-0.2, 0) is 14.3 Å². The van der Waals surface area contributed by atoms with Gasteiger partial charge in [0.05, 0.1) is 25.4 Å². The molecule has 0 aromatic rings. The van der Waals surface area contributed by atoms with Crippen LogP contribution in [-0.4, -0.2) is 87.5 Å². The third-order valence-corrected chi connectivity index (χ3v) is 13.2. The molecular formula is C57H105NO8. The summed E-state index contributed by atoms with van der Waals surface area (Å²) in [6, 6.07) is -0.712. The first-order valence-corrected chi connectivity index (χ1v) is 27.8. The summed E-state index contributed by atoms with van der Waals surface area (Å²) in [6.45, 7) is 3.61. The smallest absolute Gasteiger partial charge is 0.220 e. The number of carbonyl (C=O) groups is 1. The summed E-state index contributed by atoms with van der Waals surface area (Å²) in [5.41, 5.74) is 0. The number of unbranched alkanes of at least 4 members (excludes halogenated alkanes) is 29. The van der Waals surface area contributed by atoms with Gasteiger partial charge in [0.25, 0.3) is 0 Å². The Morgan fingerprint density at radius 2 is 0.939 bits per heavy atom. The minimum absolute atomic E-state index is 0.139. The van der Waals surface area contributed by atoms with Gasteiger partial charge in [-0.25, -0.2) is 0 Å². The SMILES string of the molecule is CC/C=C\C/C=C\C/C=C\C/C=C\CCCCCCCCCCCCCCCCCCCCCCCCCCCCC(=O)NC(COC1OC(CO)C(O)C(O)C1O)C(O)CCCCCC. The summed E-state index contributed by atoms with van der Waals surface area (Å²) in [5, 5.41) is 53.8. The van der Waals surface area contributed by atoms with E-state index in [0.717, 1.165) is 70.6 Å². The molecule has 6 N–H and O–H groups in total. The Morgan fingerprint density at radius 3 is 1.38 bits per heavy atom. The molecular weight excluding hydrogens is 827 g/mol. The molecule has 1 fully saturated rings. The monoisotopic (exact) mass is 932 g/mol. The predicted molar refractivity (Wildman–Crippen MR) is 276 cm³/mol. The number of hydrogen-bond donors (Lipinski definition) is 6. The van der Waals surface area contributed by atoms with Crippen LogP contribution in [0.4, 0.5) is 0 Å². The van der Waals surface area contributed by atoms with Gasteiger partial charge in [-0.05, 0) is 51.4 Å². The highest BCUT2D eigenvalue weighted by Crippen LogP contribution is 2.23. The average Bonchev–Trinajstić information content (AvgIpc) is 3.32. The zero-order valence-electron chi connectivity index (χ0n) is 42.7. The number of ether oxygens (including phenoxy) is 2. The molecule has 0 aliphatic carbocycles. The second-order valence-corrected chi connectivity index (χ2v) is 19.4. The fourth-order valence-corrected chi connectivity index (χ4v) is 8.80. The number of allylic oxidation sites excluding steroid dienone is 8. The van der Waals surface area contributed by atoms with Crippen molar-refractivity contribution in [3.8, 4) is 0 Å². The Bertz CT molecular complexity index is 1170. The van der Waals surface area contributed by atoms with Crippen molar-refractivity contribution in [1.29, 1.82) is 0 Å². The molecule has 1 aliphatic rings. The van der Waals surface area contributed by atoms with E-state index >= 15 is 0 Å². The molecule has 9 nitrogen and oxygen atoms in total. The van der Waals surface area contributed by atoms with Gasteiger partial charge in [0.15, 0.2) is 6.29 Å². The van der Waals surface area contributed by atoms with E-state index in [1.54, 1.807) is 0 Å². The molecule has 0 radical (unpaired) electrons. The van der Waals surface area contributed by atoms with Crippen molar-refractivity contribution < 1.29 is 39.8 Å². The van der Waals surface area contributed by atoms with E-state index in [4.69, 9.17) is 9.47 Å². The molecule has 9 heteroatoms. The Balaban J connectivity index is 1.91. The lowest BCUT2D eigenvalue weighted by atomic mass is 9.99. The first-order chi connectivity index (χ1) is 32.3. The molecule has 1 amide bonds. The molecule has 1 heterocycles. The fraction of sp³-hybridized carbons (Fsp3) is 0.842. The van der Waals surface area contributed by atoms with Crippen molar-refractivity contribution in [3.05, 3.63) is 48.6 Å². The molecule has 0 bridgehead atoms. The van der Waals surface area contributed by atoms with Gasteiger partial charge in [0.2, 0.25) is 5.91 Å². The highest BCUT2D eigenvalue weighted by molar-refractivity contribution is 5.76. The number of carbonyl (C=O) groups excluding carboxylic acids is 1. The molecule has 0 saturated carbocycles. The van der Waals surface area contributed by atoms with Gasteiger partial charge in [0.1, 0.15) is 24.4 Å². The minimum atomic E-state index is -1.55. The second-order valence-electron chi connectivity index (χ2n) is 19.4. The van der Waals surface area contributed by atoms with Crippen molar-refractivity contribution in [2.45, 2.75) is 294 Å². The van der Waals surface area contributed by atoms with E-state index in [1.165, 1.54) is 154 Å². The van der Waals surface area contributed by atoms with Crippen LogP contribution in [0, 0.1) is 0 Å². The van der Waals surface area contributed by atoms with Crippen molar-refractivity contribution >= 4 is 5.91 Å². The average molecular weight is 932 g/mol. The summed E-state index contributed by atoms with van der Waals surface area (Å²) < 4.78 is 11.2. The maximum absolute atomic E-state index is 12.9. The summed E-state index contributed by atoms with van der Waals surface area (Å²) in [5.74, 6) is -0.150. The number of nitrogens with one attached hydrogen (secondary N) is 1. The van der Waals surface area contributed by atoms with Crippen LogP contribution in [0.3, 0.4) is 0 Å². The molecule has 386 valence electrons. The summed E-state index contributed by atoms with van der Waals surface area (Å²) in [6.07, 6.45) is 55.4. The molecule has 0 aromatic heterocycles. The topological polar surface area (TPSA) is 149 Å². The van der Waals surface area contributed by atoms with Crippen LogP contribution in [0.2, 0.25) is 0 Å². The van der Waals surface area contributed by atoms with E-state index in [-0.39, 0.29) is 12.5 Å². The summed E-state index contributed by atoms with van der Waals surface area (Å²) in [4.78, 5) is 12.9. The van der Waals surface area contributed by atoms with Crippen molar-refractivity contribution in [1.82, 2.24) is 5.32 Å². The summed E-state index contributed by atoms with van der Waals surface area (Å²) in [7, 11) is 0. The van der Waals surface area contributed by atoms with Gasteiger partial charge in [-0.1, -0.05) is 242 Å². The molecule has 7 atom stereocenters. The Hall–Kier alpha value is -1.85. The van der Waals surface area contributed by atoms with Crippen molar-refractivity contribution in [3.63, 3.8) is 0 Å². The largest absolute Gasteiger partial charge is 0.394 e. The van der Waals surface area contributed by atoms with Crippen molar-refractivity contribution in [2.24, 2.45) is 0 Å². The lowest BCUT2D eigenvalue weighted by molar-refractivity contribution is -0.302. The van der Waals surface area contributed by atoms with Crippen LogP contribution >= 0.6 is 0 Å². The van der Waals surface area contributed by atoms with Gasteiger partial charge in [-0.3, -0.25) is 4.79 Å². The first-order valence-electron chi connectivity index (χ1n) is 27.8. The van der Waals surface area contributed by atoms with Gasteiger partial charge in [-0.15, -0.1) is 0 Å². The Kier molecular flexibility index (Phi) is 44.1. The molecule has 0 aromatic carbocycles. The van der Waals surface area contributed by atoms with Crippen molar-refractivity contribution in [2.75, 3.05) is 13.2 Å². The van der Waals surface area contributed by atoms with Gasteiger partial charge in [-0.2, -0.15) is 0 Å². The minimum Gasteiger partial charge on any atom is -0.394 e. The number of hydrogen-bond acceptors (Lipinski definition) is 8. The van der Waals surface area contributed by atoms with Crippen LogP contribution in [0.15, 0.2) is 48.6 Å². The molecule has 7 unspecified atom stereocenters. The molecule has 66 heavy (non-hydrogen) atoms. The number of rotatable bonds is 47.